The van der Waals surface area contributed by atoms with Gasteiger partial charge in [-0.25, -0.2) is 0 Å². The molecule has 0 aliphatic heterocycles. The average Bonchev–Trinajstić information content (AvgIpc) is 2.97. The smallest absolute Gasteiger partial charge is 0.305 e. The minimum absolute atomic E-state index is 0.0232. The second-order valence-electron chi connectivity index (χ2n) is 12.8. The van der Waals surface area contributed by atoms with Crippen LogP contribution in [0.4, 0.5) is 0 Å². The molecule has 0 aromatic heterocycles. The predicted octanol–water partition coefficient (Wildman–Crippen LogP) is 12.9. The first-order valence-electron chi connectivity index (χ1n) is 18.8. The van der Waals surface area contributed by atoms with E-state index in [9.17, 15) is 9.59 Å². The third-order valence-electron chi connectivity index (χ3n) is 8.67. The molecule has 0 atom stereocenters. The van der Waals surface area contributed by atoms with Crippen molar-refractivity contribution < 1.29 is 19.4 Å². The number of unbranched alkanes of at least 4 members (excludes halogenated alkanes) is 14. The van der Waals surface area contributed by atoms with E-state index in [1.807, 2.05) is 6.92 Å². The Hall–Kier alpha value is -1.06. The maximum Gasteiger partial charge on any atom is 0.305 e. The van der Waals surface area contributed by atoms with Gasteiger partial charge in [0.15, 0.2) is 0 Å². The van der Waals surface area contributed by atoms with E-state index in [1.54, 1.807) is 0 Å². The zero-order chi connectivity index (χ0) is 31.5. The first-order valence-corrected chi connectivity index (χ1v) is 18.8. The molecule has 1 N–H and O–H groups in total. The lowest BCUT2D eigenvalue weighted by molar-refractivity contribution is -0.143. The second kappa shape index (κ2) is 36.1. The maximum absolute atomic E-state index is 11.4. The molecule has 0 aromatic rings. The minimum atomic E-state index is -0.646. The summed E-state index contributed by atoms with van der Waals surface area (Å²) < 4.78 is 4.99. The quantitative estimate of drug-likeness (QED) is 0.0638. The Bertz CT molecular complexity index is 523. The molecule has 0 rings (SSSR count). The Kier molecular flexibility index (Phi) is 37.1. The van der Waals surface area contributed by atoms with Crippen molar-refractivity contribution in [1.29, 1.82) is 0 Å². The molecule has 252 valence electrons. The molecule has 0 aliphatic rings. The van der Waals surface area contributed by atoms with Crippen molar-refractivity contribution in [2.24, 2.45) is 11.8 Å². The molecule has 0 bridgehead atoms. The van der Waals surface area contributed by atoms with E-state index in [2.05, 4.69) is 27.7 Å². The Morgan fingerprint density at radius 1 is 0.452 bits per heavy atom. The van der Waals surface area contributed by atoms with Crippen LogP contribution in [0.15, 0.2) is 0 Å². The molecule has 0 heterocycles. The Balaban J connectivity index is 0. The van der Waals surface area contributed by atoms with E-state index in [0.717, 1.165) is 31.1 Å². The monoisotopic (exact) mass is 597 g/mol. The molecule has 4 heteroatoms. The number of aliphatic carboxylic acids is 1. The summed E-state index contributed by atoms with van der Waals surface area (Å²) in [5.41, 5.74) is 0. The molecule has 0 amide bonds. The fourth-order valence-corrected chi connectivity index (χ4v) is 5.95. The van der Waals surface area contributed by atoms with E-state index in [4.69, 9.17) is 9.84 Å². The van der Waals surface area contributed by atoms with Crippen molar-refractivity contribution in [3.05, 3.63) is 0 Å². The van der Waals surface area contributed by atoms with Gasteiger partial charge in [-0.05, 0) is 31.6 Å². The molecular weight excluding hydrogens is 520 g/mol. The van der Waals surface area contributed by atoms with Crippen molar-refractivity contribution in [1.82, 2.24) is 0 Å². The van der Waals surface area contributed by atoms with Gasteiger partial charge in [0.25, 0.3) is 0 Å². The normalized spacial score (nSPS) is 11.1. The van der Waals surface area contributed by atoms with Gasteiger partial charge < -0.3 is 9.84 Å². The second-order valence-corrected chi connectivity index (χ2v) is 12.8. The van der Waals surface area contributed by atoms with Crippen LogP contribution in [0, 0.1) is 11.8 Å². The molecular formula is C38H76O4. The summed E-state index contributed by atoms with van der Waals surface area (Å²) in [5, 5.41) is 8.68. The average molecular weight is 597 g/mol. The van der Waals surface area contributed by atoms with Crippen molar-refractivity contribution >= 4 is 11.9 Å². The minimum Gasteiger partial charge on any atom is -0.481 e. The van der Waals surface area contributed by atoms with Crippen LogP contribution >= 0.6 is 0 Å². The number of hydrogen-bond donors (Lipinski definition) is 1. The van der Waals surface area contributed by atoms with Gasteiger partial charge >= 0.3 is 11.9 Å². The lowest BCUT2D eigenvalue weighted by Gasteiger charge is -2.17. The molecule has 0 aromatic carbocycles. The fraction of sp³-hybridized carbons (Fsp3) is 0.947. The van der Waals surface area contributed by atoms with E-state index in [1.165, 1.54) is 148 Å². The fourth-order valence-electron chi connectivity index (χ4n) is 5.95. The van der Waals surface area contributed by atoms with E-state index >= 15 is 0 Å². The highest BCUT2D eigenvalue weighted by Crippen LogP contribution is 2.25. The lowest BCUT2D eigenvalue weighted by Crippen LogP contribution is -2.05. The van der Waals surface area contributed by atoms with Gasteiger partial charge in [0.1, 0.15) is 0 Å². The van der Waals surface area contributed by atoms with Crippen LogP contribution in [0.1, 0.15) is 214 Å². The zero-order valence-corrected chi connectivity index (χ0v) is 29.3. The summed E-state index contributed by atoms with van der Waals surface area (Å²) in [6.07, 6.45) is 34.9. The van der Waals surface area contributed by atoms with Gasteiger partial charge in [0, 0.05) is 12.8 Å². The van der Waals surface area contributed by atoms with Gasteiger partial charge in [-0.15, -0.1) is 0 Å². The van der Waals surface area contributed by atoms with Crippen molar-refractivity contribution in [3.63, 3.8) is 0 Å². The number of esters is 1. The number of carboxylic acids is 1. The highest BCUT2D eigenvalue weighted by atomic mass is 16.5. The highest BCUT2D eigenvalue weighted by Gasteiger charge is 2.10. The van der Waals surface area contributed by atoms with Crippen LogP contribution < -0.4 is 0 Å². The summed E-state index contributed by atoms with van der Waals surface area (Å²) in [5.74, 6) is 1.06. The molecule has 0 fully saturated rings. The van der Waals surface area contributed by atoms with E-state index in [0.29, 0.717) is 19.4 Å². The van der Waals surface area contributed by atoms with Crippen LogP contribution in [0.3, 0.4) is 0 Å². The number of hydrogen-bond acceptors (Lipinski definition) is 3. The van der Waals surface area contributed by atoms with E-state index < -0.39 is 5.97 Å². The van der Waals surface area contributed by atoms with Gasteiger partial charge in [-0.3, -0.25) is 9.59 Å². The zero-order valence-electron chi connectivity index (χ0n) is 29.3. The SMILES string of the molecule is CCCCCCC(CCCCCC)CCCCC(=O)O.CCCCCCC(CCCCCC)CCCCC(=O)OCC. The summed E-state index contributed by atoms with van der Waals surface area (Å²) in [4.78, 5) is 21.9. The summed E-state index contributed by atoms with van der Waals surface area (Å²) >= 11 is 0. The number of ether oxygens (including phenoxy) is 1. The van der Waals surface area contributed by atoms with Gasteiger partial charge in [0.05, 0.1) is 6.61 Å². The Morgan fingerprint density at radius 3 is 1.05 bits per heavy atom. The Labute approximate surface area is 263 Å². The number of rotatable bonds is 31. The predicted molar refractivity (Wildman–Crippen MR) is 183 cm³/mol. The molecule has 0 spiro atoms. The van der Waals surface area contributed by atoms with Crippen LogP contribution in [-0.2, 0) is 14.3 Å². The standard InChI is InChI=1S/C20H40O2.C18H36O2/c1-4-7-9-11-15-19(16-12-10-8-5-2)17-13-14-18-20(21)22-6-3;1-3-5-7-9-13-17(14-10-8-6-4-2)15-11-12-16-18(19)20/h19H,4-18H2,1-3H3;17H,3-16H2,1-2H3,(H,19,20). The van der Waals surface area contributed by atoms with Crippen LogP contribution in [0.5, 0.6) is 0 Å². The third kappa shape index (κ3) is 35.1. The maximum atomic E-state index is 11.4. The highest BCUT2D eigenvalue weighted by molar-refractivity contribution is 5.69. The number of carbonyl (C=O) groups excluding carboxylic acids is 1. The van der Waals surface area contributed by atoms with Gasteiger partial charge in [-0.2, -0.15) is 0 Å². The summed E-state index contributed by atoms with van der Waals surface area (Å²) in [6.45, 7) is 11.5. The first-order chi connectivity index (χ1) is 20.4. The van der Waals surface area contributed by atoms with Crippen LogP contribution in [0.2, 0.25) is 0 Å². The van der Waals surface area contributed by atoms with Gasteiger partial charge in [0.2, 0.25) is 0 Å². The van der Waals surface area contributed by atoms with E-state index in [-0.39, 0.29) is 5.97 Å². The van der Waals surface area contributed by atoms with Crippen LogP contribution in [0.25, 0.3) is 0 Å². The lowest BCUT2D eigenvalue weighted by atomic mass is 9.90. The third-order valence-corrected chi connectivity index (χ3v) is 8.67. The summed E-state index contributed by atoms with van der Waals surface area (Å²) in [7, 11) is 0. The number of carbonyl (C=O) groups is 2. The molecule has 0 aliphatic carbocycles. The summed E-state index contributed by atoms with van der Waals surface area (Å²) in [6, 6.07) is 0. The number of carboxylic acid groups (broad SMARTS) is 1. The van der Waals surface area contributed by atoms with Crippen molar-refractivity contribution in [3.8, 4) is 0 Å². The topological polar surface area (TPSA) is 63.6 Å². The Morgan fingerprint density at radius 2 is 0.762 bits per heavy atom. The van der Waals surface area contributed by atoms with Crippen LogP contribution in [-0.4, -0.2) is 23.7 Å². The molecule has 0 saturated heterocycles. The van der Waals surface area contributed by atoms with Crippen molar-refractivity contribution in [2.75, 3.05) is 6.61 Å². The first kappa shape index (κ1) is 43.1. The molecule has 0 saturated carbocycles. The molecule has 0 radical (unpaired) electrons. The van der Waals surface area contributed by atoms with Gasteiger partial charge in [-0.1, -0.05) is 182 Å². The molecule has 42 heavy (non-hydrogen) atoms. The van der Waals surface area contributed by atoms with Crippen molar-refractivity contribution in [2.45, 2.75) is 214 Å². The molecule has 4 nitrogen and oxygen atoms in total. The largest absolute Gasteiger partial charge is 0.481 e. The molecule has 0 unspecified atom stereocenters.